The van der Waals surface area contributed by atoms with Gasteiger partial charge in [-0.1, -0.05) is 55.7 Å². The number of hydrogen-bond acceptors (Lipinski definition) is 3. The van der Waals surface area contributed by atoms with E-state index in [1.54, 1.807) is 19.1 Å². The lowest BCUT2D eigenvalue weighted by atomic mass is 9.84. The summed E-state index contributed by atoms with van der Waals surface area (Å²) in [6.07, 6.45) is 5.95. The van der Waals surface area contributed by atoms with Gasteiger partial charge >= 0.3 is 0 Å². The van der Waals surface area contributed by atoms with Gasteiger partial charge in [-0.05, 0) is 43.4 Å². The van der Waals surface area contributed by atoms with Crippen molar-refractivity contribution in [2.45, 2.75) is 51.0 Å². The van der Waals surface area contributed by atoms with Crippen molar-refractivity contribution < 1.29 is 9.53 Å². The molecular formula is C21H25NO2. The van der Waals surface area contributed by atoms with Crippen LogP contribution in [-0.4, -0.2) is 11.9 Å². The molecule has 0 spiro atoms. The molecule has 0 heterocycles. The Balaban J connectivity index is 1.67. The number of benzene rings is 2. The Morgan fingerprint density at radius 1 is 1.04 bits per heavy atom. The summed E-state index contributed by atoms with van der Waals surface area (Å²) in [5.41, 5.74) is 8.47. The molecule has 0 amide bonds. The average Bonchev–Trinajstić information content (AvgIpc) is 2.64. The first-order valence-corrected chi connectivity index (χ1v) is 8.80. The fourth-order valence-electron chi connectivity index (χ4n) is 3.42. The first-order valence-electron chi connectivity index (χ1n) is 8.80. The van der Waals surface area contributed by atoms with Gasteiger partial charge in [0.05, 0.1) is 5.69 Å². The Bertz CT molecular complexity index is 687. The SMILES string of the molecule is CC(Oc1ccccc1N)C(=O)c1ccc(C2CCCCC2)cc1. The standard InChI is InChI=1S/C21H25NO2/c1-15(24-20-10-6-5-9-19(20)22)21(23)18-13-11-17(12-14-18)16-7-3-2-4-8-16/h5-6,9-16H,2-4,7-8,22H2,1H3. The third-order valence-corrected chi connectivity index (χ3v) is 4.86. The van der Waals surface area contributed by atoms with Crippen molar-refractivity contribution in [1.82, 2.24) is 0 Å². The van der Waals surface area contributed by atoms with E-state index in [9.17, 15) is 4.79 Å². The van der Waals surface area contributed by atoms with E-state index in [0.717, 1.165) is 0 Å². The van der Waals surface area contributed by atoms with Crippen molar-refractivity contribution >= 4 is 11.5 Å². The predicted octanol–water partition coefficient (Wildman–Crippen LogP) is 4.97. The maximum Gasteiger partial charge on any atom is 0.202 e. The van der Waals surface area contributed by atoms with Gasteiger partial charge in [-0.25, -0.2) is 0 Å². The molecule has 3 rings (SSSR count). The van der Waals surface area contributed by atoms with Gasteiger partial charge < -0.3 is 10.5 Å². The normalized spacial score (nSPS) is 16.5. The number of hydrogen-bond donors (Lipinski definition) is 1. The van der Waals surface area contributed by atoms with Gasteiger partial charge in [-0.15, -0.1) is 0 Å². The van der Waals surface area contributed by atoms with Crippen LogP contribution in [0.15, 0.2) is 48.5 Å². The number of carbonyl (C=O) groups excluding carboxylic acids is 1. The number of nitrogen functional groups attached to an aromatic ring is 1. The van der Waals surface area contributed by atoms with Crippen LogP contribution in [0.25, 0.3) is 0 Å². The Hall–Kier alpha value is -2.29. The number of nitrogens with two attached hydrogens (primary N) is 1. The molecule has 126 valence electrons. The van der Waals surface area contributed by atoms with E-state index >= 15 is 0 Å². The molecule has 1 unspecified atom stereocenters. The molecule has 0 aromatic heterocycles. The van der Waals surface area contributed by atoms with Crippen molar-refractivity contribution in [3.63, 3.8) is 0 Å². The second-order valence-electron chi connectivity index (χ2n) is 6.62. The molecule has 3 nitrogen and oxygen atoms in total. The van der Waals surface area contributed by atoms with Gasteiger partial charge in [0, 0.05) is 5.56 Å². The summed E-state index contributed by atoms with van der Waals surface area (Å²) in [7, 11) is 0. The van der Waals surface area contributed by atoms with Crippen molar-refractivity contribution in [3.8, 4) is 5.75 Å². The minimum absolute atomic E-state index is 0.0200. The highest BCUT2D eigenvalue weighted by Crippen LogP contribution is 2.32. The van der Waals surface area contributed by atoms with Gasteiger partial charge in [-0.2, -0.15) is 0 Å². The van der Waals surface area contributed by atoms with Crippen LogP contribution in [0, 0.1) is 0 Å². The first kappa shape index (κ1) is 16.6. The highest BCUT2D eigenvalue weighted by molar-refractivity contribution is 5.99. The number of carbonyl (C=O) groups is 1. The minimum Gasteiger partial charge on any atom is -0.480 e. The van der Waals surface area contributed by atoms with Crippen molar-refractivity contribution in [3.05, 3.63) is 59.7 Å². The molecule has 0 aliphatic heterocycles. The van der Waals surface area contributed by atoms with E-state index in [1.165, 1.54) is 37.7 Å². The maximum absolute atomic E-state index is 12.6. The molecule has 0 radical (unpaired) electrons. The number of rotatable bonds is 5. The highest BCUT2D eigenvalue weighted by atomic mass is 16.5. The molecule has 1 fully saturated rings. The largest absolute Gasteiger partial charge is 0.480 e. The van der Waals surface area contributed by atoms with Crippen LogP contribution in [0.2, 0.25) is 0 Å². The molecule has 1 aliphatic carbocycles. The second-order valence-corrected chi connectivity index (χ2v) is 6.62. The minimum atomic E-state index is -0.560. The molecule has 3 heteroatoms. The Kier molecular flexibility index (Phi) is 5.19. The molecule has 2 N–H and O–H groups in total. The van der Waals surface area contributed by atoms with E-state index in [0.29, 0.717) is 22.9 Å². The fraction of sp³-hybridized carbons (Fsp3) is 0.381. The van der Waals surface area contributed by atoms with Crippen LogP contribution in [0.5, 0.6) is 5.75 Å². The predicted molar refractivity (Wildman–Crippen MR) is 97.5 cm³/mol. The van der Waals surface area contributed by atoms with Crippen molar-refractivity contribution in [2.24, 2.45) is 0 Å². The molecule has 24 heavy (non-hydrogen) atoms. The zero-order chi connectivity index (χ0) is 16.9. The number of Topliss-reactive ketones (excluding diaryl/α,β-unsaturated/α-hetero) is 1. The molecule has 1 saturated carbocycles. The average molecular weight is 323 g/mol. The summed E-state index contributed by atoms with van der Waals surface area (Å²) in [6.45, 7) is 1.77. The van der Waals surface area contributed by atoms with Crippen LogP contribution in [0.1, 0.15) is 60.9 Å². The van der Waals surface area contributed by atoms with Gasteiger partial charge in [0.15, 0.2) is 6.10 Å². The van der Waals surface area contributed by atoms with Gasteiger partial charge in [0.25, 0.3) is 0 Å². The van der Waals surface area contributed by atoms with Crippen LogP contribution < -0.4 is 10.5 Å². The number of ether oxygens (including phenoxy) is 1. The van der Waals surface area contributed by atoms with Gasteiger partial charge in [0.1, 0.15) is 5.75 Å². The summed E-state index contributed by atoms with van der Waals surface area (Å²) in [6, 6.07) is 15.3. The van der Waals surface area contributed by atoms with E-state index in [-0.39, 0.29) is 5.78 Å². The van der Waals surface area contributed by atoms with E-state index in [4.69, 9.17) is 10.5 Å². The van der Waals surface area contributed by atoms with Gasteiger partial charge in [0.2, 0.25) is 5.78 Å². The topological polar surface area (TPSA) is 52.3 Å². The molecule has 2 aromatic rings. The molecule has 2 aromatic carbocycles. The van der Waals surface area contributed by atoms with E-state index < -0.39 is 6.10 Å². The lowest BCUT2D eigenvalue weighted by Gasteiger charge is -2.22. The van der Waals surface area contributed by atoms with Crippen LogP contribution >= 0.6 is 0 Å². The third-order valence-electron chi connectivity index (χ3n) is 4.86. The molecule has 1 aliphatic rings. The lowest BCUT2D eigenvalue weighted by molar-refractivity contribution is 0.0819. The van der Waals surface area contributed by atoms with E-state index in [2.05, 4.69) is 12.1 Å². The summed E-state index contributed by atoms with van der Waals surface area (Å²) in [5, 5.41) is 0. The van der Waals surface area contributed by atoms with Crippen LogP contribution in [-0.2, 0) is 0 Å². The zero-order valence-electron chi connectivity index (χ0n) is 14.2. The Labute approximate surface area is 143 Å². The Morgan fingerprint density at radius 3 is 2.38 bits per heavy atom. The molecule has 0 saturated heterocycles. The maximum atomic E-state index is 12.6. The van der Waals surface area contributed by atoms with Crippen LogP contribution in [0.4, 0.5) is 5.69 Å². The number of ketones is 1. The number of anilines is 1. The summed E-state index contributed by atoms with van der Waals surface area (Å²) < 4.78 is 5.73. The molecule has 0 bridgehead atoms. The summed E-state index contributed by atoms with van der Waals surface area (Å²) >= 11 is 0. The number of para-hydroxylation sites is 2. The summed E-state index contributed by atoms with van der Waals surface area (Å²) in [4.78, 5) is 12.6. The third kappa shape index (κ3) is 3.78. The quantitative estimate of drug-likeness (QED) is 0.624. The monoisotopic (exact) mass is 323 g/mol. The van der Waals surface area contributed by atoms with Gasteiger partial charge in [-0.3, -0.25) is 4.79 Å². The van der Waals surface area contributed by atoms with Crippen molar-refractivity contribution in [1.29, 1.82) is 0 Å². The lowest BCUT2D eigenvalue weighted by Crippen LogP contribution is -2.24. The fourth-order valence-corrected chi connectivity index (χ4v) is 3.42. The summed E-state index contributed by atoms with van der Waals surface area (Å²) in [5.74, 6) is 1.19. The van der Waals surface area contributed by atoms with Crippen LogP contribution in [0.3, 0.4) is 0 Å². The molecule has 1 atom stereocenters. The second kappa shape index (κ2) is 7.52. The van der Waals surface area contributed by atoms with E-state index in [1.807, 2.05) is 24.3 Å². The first-order chi connectivity index (χ1) is 11.6. The molecular weight excluding hydrogens is 298 g/mol. The van der Waals surface area contributed by atoms with Crippen molar-refractivity contribution in [2.75, 3.05) is 5.73 Å². The zero-order valence-corrected chi connectivity index (χ0v) is 14.2. The smallest absolute Gasteiger partial charge is 0.202 e. The highest BCUT2D eigenvalue weighted by Gasteiger charge is 2.19. The Morgan fingerprint density at radius 2 is 1.71 bits per heavy atom.